The molecule has 3 N–H and O–H groups in total. The molecule has 90 valence electrons. The molecule has 16 heavy (non-hydrogen) atoms. The van der Waals surface area contributed by atoms with Crippen LogP contribution in [0.25, 0.3) is 0 Å². The molecule has 0 aromatic heterocycles. The van der Waals surface area contributed by atoms with Gasteiger partial charge >= 0.3 is 0 Å². The Labute approximate surface area is 94.7 Å². The van der Waals surface area contributed by atoms with E-state index in [1.807, 2.05) is 13.8 Å². The lowest BCUT2D eigenvalue weighted by atomic mass is 10.2. The standard InChI is InChI=1S/C10H15FN2O2S/c1-7(2)6-13-16(14,15)10-5-8(12)3-4-9(10)11/h3-5,7,13H,6,12H2,1-2H3. The van der Waals surface area contributed by atoms with E-state index in [1.54, 1.807) is 0 Å². The molecule has 0 fully saturated rings. The Morgan fingerprint density at radius 3 is 2.62 bits per heavy atom. The molecular formula is C10H15FN2O2S. The average molecular weight is 246 g/mol. The summed E-state index contributed by atoms with van der Waals surface area (Å²) in [7, 11) is -3.81. The number of benzene rings is 1. The fraction of sp³-hybridized carbons (Fsp3) is 0.400. The fourth-order valence-corrected chi connectivity index (χ4v) is 2.40. The van der Waals surface area contributed by atoms with E-state index in [0.717, 1.165) is 12.1 Å². The van der Waals surface area contributed by atoms with Crippen LogP contribution in [0.15, 0.2) is 23.1 Å². The van der Waals surface area contributed by atoms with Crippen LogP contribution in [0.3, 0.4) is 0 Å². The summed E-state index contributed by atoms with van der Waals surface area (Å²) in [6.07, 6.45) is 0. The number of sulfonamides is 1. The van der Waals surface area contributed by atoms with Crippen molar-refractivity contribution in [3.05, 3.63) is 24.0 Å². The van der Waals surface area contributed by atoms with Crippen molar-refractivity contribution >= 4 is 15.7 Å². The Hall–Kier alpha value is -1.14. The third kappa shape index (κ3) is 3.18. The number of nitrogens with one attached hydrogen (secondary N) is 1. The van der Waals surface area contributed by atoms with Gasteiger partial charge in [0.05, 0.1) is 0 Å². The third-order valence-electron chi connectivity index (χ3n) is 1.93. The molecule has 0 heterocycles. The van der Waals surface area contributed by atoms with Crippen molar-refractivity contribution in [1.82, 2.24) is 4.72 Å². The summed E-state index contributed by atoms with van der Waals surface area (Å²) in [5, 5.41) is 0. The van der Waals surface area contributed by atoms with Gasteiger partial charge < -0.3 is 5.73 Å². The Bertz CT molecular complexity index is 472. The number of hydrogen-bond acceptors (Lipinski definition) is 3. The van der Waals surface area contributed by atoms with Gasteiger partial charge in [0.25, 0.3) is 0 Å². The largest absolute Gasteiger partial charge is 0.399 e. The van der Waals surface area contributed by atoms with Crippen LogP contribution in [0.1, 0.15) is 13.8 Å². The fourth-order valence-electron chi connectivity index (χ4n) is 1.08. The van der Waals surface area contributed by atoms with Crippen LogP contribution < -0.4 is 10.5 Å². The van der Waals surface area contributed by atoms with Gasteiger partial charge in [0.2, 0.25) is 10.0 Å². The van der Waals surface area contributed by atoms with Gasteiger partial charge in [-0.2, -0.15) is 0 Å². The summed E-state index contributed by atoms with van der Waals surface area (Å²) in [6.45, 7) is 3.98. The molecule has 1 rings (SSSR count). The van der Waals surface area contributed by atoms with Crippen LogP contribution in [0, 0.1) is 11.7 Å². The molecule has 0 bridgehead atoms. The molecule has 0 unspecified atom stereocenters. The maximum Gasteiger partial charge on any atom is 0.243 e. The Morgan fingerprint density at radius 1 is 1.44 bits per heavy atom. The molecule has 0 saturated heterocycles. The first-order valence-electron chi connectivity index (χ1n) is 4.87. The molecule has 1 aromatic rings. The molecule has 0 atom stereocenters. The normalized spacial score (nSPS) is 12.0. The van der Waals surface area contributed by atoms with Crippen LogP contribution in [-0.4, -0.2) is 15.0 Å². The first-order valence-corrected chi connectivity index (χ1v) is 6.36. The molecule has 0 amide bonds. The van der Waals surface area contributed by atoms with Crippen LogP contribution in [0.2, 0.25) is 0 Å². The van der Waals surface area contributed by atoms with Crippen molar-refractivity contribution in [3.8, 4) is 0 Å². The van der Waals surface area contributed by atoms with E-state index in [4.69, 9.17) is 5.73 Å². The maximum absolute atomic E-state index is 13.3. The highest BCUT2D eigenvalue weighted by molar-refractivity contribution is 7.89. The molecule has 0 aliphatic carbocycles. The predicted molar refractivity (Wildman–Crippen MR) is 60.8 cm³/mol. The second kappa shape index (κ2) is 4.80. The molecule has 1 aromatic carbocycles. The van der Waals surface area contributed by atoms with Gasteiger partial charge in [0.15, 0.2) is 0 Å². The van der Waals surface area contributed by atoms with Gasteiger partial charge in [-0.3, -0.25) is 0 Å². The van der Waals surface area contributed by atoms with Gasteiger partial charge in [-0.05, 0) is 24.1 Å². The molecule has 0 saturated carbocycles. The lowest BCUT2D eigenvalue weighted by Gasteiger charge is -2.09. The summed E-state index contributed by atoms with van der Waals surface area (Å²) in [4.78, 5) is -0.409. The summed E-state index contributed by atoms with van der Waals surface area (Å²) in [5.41, 5.74) is 5.64. The smallest absolute Gasteiger partial charge is 0.243 e. The molecule has 0 spiro atoms. The molecule has 0 aliphatic heterocycles. The number of anilines is 1. The Morgan fingerprint density at radius 2 is 2.06 bits per heavy atom. The minimum absolute atomic E-state index is 0.152. The number of nitrogens with two attached hydrogens (primary N) is 1. The van der Waals surface area contributed by atoms with E-state index in [2.05, 4.69) is 4.72 Å². The quantitative estimate of drug-likeness (QED) is 0.787. The lowest BCUT2D eigenvalue weighted by Crippen LogP contribution is -2.28. The molecular weight excluding hydrogens is 231 g/mol. The second-order valence-electron chi connectivity index (χ2n) is 3.94. The zero-order valence-corrected chi connectivity index (χ0v) is 10.0. The van der Waals surface area contributed by atoms with Crippen molar-refractivity contribution in [2.45, 2.75) is 18.7 Å². The topological polar surface area (TPSA) is 72.2 Å². The van der Waals surface area contributed by atoms with Crippen molar-refractivity contribution in [3.63, 3.8) is 0 Å². The second-order valence-corrected chi connectivity index (χ2v) is 5.67. The summed E-state index contributed by atoms with van der Waals surface area (Å²) in [5.74, 6) is -0.649. The number of nitrogen functional groups attached to an aromatic ring is 1. The van der Waals surface area contributed by atoms with Crippen molar-refractivity contribution in [1.29, 1.82) is 0 Å². The van der Waals surface area contributed by atoms with Gasteiger partial charge in [-0.25, -0.2) is 17.5 Å². The van der Waals surface area contributed by atoms with E-state index >= 15 is 0 Å². The molecule has 6 heteroatoms. The van der Waals surface area contributed by atoms with Crippen LogP contribution >= 0.6 is 0 Å². The summed E-state index contributed by atoms with van der Waals surface area (Å²) < 4.78 is 39.0. The van der Waals surface area contributed by atoms with Crippen LogP contribution in [0.5, 0.6) is 0 Å². The van der Waals surface area contributed by atoms with Crippen molar-refractivity contribution in [2.75, 3.05) is 12.3 Å². The van der Waals surface area contributed by atoms with E-state index in [-0.39, 0.29) is 18.2 Å². The minimum Gasteiger partial charge on any atom is -0.399 e. The van der Waals surface area contributed by atoms with Crippen molar-refractivity contribution in [2.24, 2.45) is 5.92 Å². The number of rotatable bonds is 4. The first kappa shape index (κ1) is 12.9. The van der Waals surface area contributed by atoms with E-state index < -0.39 is 20.7 Å². The van der Waals surface area contributed by atoms with E-state index in [9.17, 15) is 12.8 Å². The predicted octanol–water partition coefficient (Wildman–Crippen LogP) is 1.34. The molecule has 0 radical (unpaired) electrons. The van der Waals surface area contributed by atoms with Crippen LogP contribution in [-0.2, 0) is 10.0 Å². The minimum atomic E-state index is -3.81. The Kier molecular flexibility index (Phi) is 3.88. The first-order chi connectivity index (χ1) is 7.33. The third-order valence-corrected chi connectivity index (χ3v) is 3.36. The summed E-state index contributed by atoms with van der Waals surface area (Å²) >= 11 is 0. The van der Waals surface area contributed by atoms with Gasteiger partial charge in [-0.15, -0.1) is 0 Å². The number of hydrogen-bond donors (Lipinski definition) is 2. The molecule has 0 aliphatic rings. The van der Waals surface area contributed by atoms with Crippen molar-refractivity contribution < 1.29 is 12.8 Å². The highest BCUT2D eigenvalue weighted by Gasteiger charge is 2.19. The zero-order valence-electron chi connectivity index (χ0n) is 9.20. The van der Waals surface area contributed by atoms with E-state index in [1.165, 1.54) is 6.07 Å². The SMILES string of the molecule is CC(C)CNS(=O)(=O)c1cc(N)ccc1F. The van der Waals surface area contributed by atoms with E-state index in [0.29, 0.717) is 0 Å². The van der Waals surface area contributed by atoms with Gasteiger partial charge in [-0.1, -0.05) is 13.8 Å². The zero-order chi connectivity index (χ0) is 12.3. The Balaban J connectivity index is 3.02. The molecule has 4 nitrogen and oxygen atoms in total. The van der Waals surface area contributed by atoms with Crippen LogP contribution in [0.4, 0.5) is 10.1 Å². The highest BCUT2D eigenvalue weighted by Crippen LogP contribution is 2.17. The maximum atomic E-state index is 13.3. The lowest BCUT2D eigenvalue weighted by molar-refractivity contribution is 0.543. The highest BCUT2D eigenvalue weighted by atomic mass is 32.2. The monoisotopic (exact) mass is 246 g/mol. The van der Waals surface area contributed by atoms with Gasteiger partial charge in [0, 0.05) is 12.2 Å². The summed E-state index contributed by atoms with van der Waals surface area (Å²) in [6, 6.07) is 3.47. The van der Waals surface area contributed by atoms with Gasteiger partial charge in [0.1, 0.15) is 10.7 Å². The average Bonchev–Trinajstić information content (AvgIpc) is 2.19. The number of halogens is 1.